The summed E-state index contributed by atoms with van der Waals surface area (Å²) in [4.78, 5) is 40.4. The van der Waals surface area contributed by atoms with Gasteiger partial charge in [-0.1, -0.05) is 85.8 Å². The average Bonchev–Trinajstić information content (AvgIpc) is 3.77. The molecular weight excluding hydrogens is 596 g/mol. The number of carboxylic acids is 1. The van der Waals surface area contributed by atoms with Crippen LogP contribution in [0.3, 0.4) is 0 Å². The third kappa shape index (κ3) is 6.12. The fraction of sp³-hybridized carbons (Fsp3) is 0.222. The number of amides is 1. The first-order valence-corrected chi connectivity index (χ1v) is 15.5. The quantitative estimate of drug-likeness (QED) is 0.167. The third-order valence-corrected chi connectivity index (χ3v) is 8.51. The molecule has 4 aromatic carbocycles. The van der Waals surface area contributed by atoms with Gasteiger partial charge in [-0.2, -0.15) is 4.68 Å². The van der Waals surface area contributed by atoms with Crippen LogP contribution in [0.2, 0.25) is 0 Å². The number of rotatable bonds is 10. The van der Waals surface area contributed by atoms with Crippen LogP contribution in [-0.2, 0) is 11.3 Å². The maximum Gasteiger partial charge on any atom is 0.344 e. The largest absolute Gasteiger partial charge is 0.507 e. The fourth-order valence-electron chi connectivity index (χ4n) is 6.06. The molecule has 1 saturated heterocycles. The Labute approximate surface area is 271 Å². The highest BCUT2D eigenvalue weighted by molar-refractivity contribution is 5.98. The number of benzene rings is 4. The number of aromatic nitrogens is 4. The zero-order valence-corrected chi connectivity index (χ0v) is 25.8. The van der Waals surface area contributed by atoms with E-state index in [2.05, 4.69) is 20.8 Å². The molecule has 0 aliphatic carbocycles. The monoisotopic (exact) mass is 630 g/mol. The van der Waals surface area contributed by atoms with E-state index in [-0.39, 0.29) is 30.5 Å². The summed E-state index contributed by atoms with van der Waals surface area (Å²) in [5.74, 6) is -1.17. The zero-order valence-electron chi connectivity index (χ0n) is 25.8. The van der Waals surface area contributed by atoms with Crippen molar-refractivity contribution in [3.05, 3.63) is 108 Å². The van der Waals surface area contributed by atoms with Crippen molar-refractivity contribution in [2.75, 3.05) is 6.54 Å². The molecule has 2 heterocycles. The number of hydrogen-bond acceptors (Lipinski definition) is 8. The number of phenolic OH excluding ortho intramolecular Hbond substituents is 1. The molecule has 6 rings (SSSR count). The van der Waals surface area contributed by atoms with Gasteiger partial charge in [0.2, 0.25) is 5.91 Å². The number of tetrazole rings is 1. The highest BCUT2D eigenvalue weighted by Crippen LogP contribution is 2.33. The molecule has 1 aromatic heterocycles. The van der Waals surface area contributed by atoms with Crippen LogP contribution in [0.5, 0.6) is 5.75 Å². The maximum atomic E-state index is 13.7. The Bertz CT molecular complexity index is 1920. The van der Waals surface area contributed by atoms with Crippen molar-refractivity contribution in [3.63, 3.8) is 0 Å². The van der Waals surface area contributed by atoms with Crippen LogP contribution in [0, 0.1) is 0 Å². The lowest BCUT2D eigenvalue weighted by Gasteiger charge is -2.35. The summed E-state index contributed by atoms with van der Waals surface area (Å²) in [7, 11) is 0. The normalized spacial score (nSPS) is 15.9. The molecule has 1 aliphatic rings. The number of para-hydroxylation sites is 1. The third-order valence-electron chi connectivity index (χ3n) is 8.51. The van der Waals surface area contributed by atoms with E-state index in [1.807, 2.05) is 61.5 Å². The van der Waals surface area contributed by atoms with Gasteiger partial charge in [-0.05, 0) is 70.1 Å². The zero-order chi connectivity index (χ0) is 33.0. The van der Waals surface area contributed by atoms with Gasteiger partial charge < -0.3 is 15.1 Å². The second-order valence-electron chi connectivity index (χ2n) is 11.5. The van der Waals surface area contributed by atoms with E-state index in [0.717, 1.165) is 22.3 Å². The number of nitrogens with one attached hydrogen (secondary N) is 1. The van der Waals surface area contributed by atoms with Gasteiger partial charge in [0.25, 0.3) is 5.91 Å². The SMILES string of the molecule is CCCC(=O)n1nnnc1-c1ccccc1-c1ccc(CNC2(C(=O)O)CCCN2C(=O)c2ccc(-c3ccccc3O)cc2)cc1. The molecule has 5 aromatic rings. The van der Waals surface area contributed by atoms with E-state index < -0.39 is 11.6 Å². The number of phenols is 1. The number of aliphatic carboxylic acids is 1. The number of nitrogens with zero attached hydrogens (tertiary/aromatic N) is 5. The summed E-state index contributed by atoms with van der Waals surface area (Å²) in [6.07, 6.45) is 1.81. The summed E-state index contributed by atoms with van der Waals surface area (Å²) in [6, 6.07) is 29.0. The van der Waals surface area contributed by atoms with Crippen molar-refractivity contribution < 1.29 is 24.6 Å². The Morgan fingerprint density at radius 2 is 1.49 bits per heavy atom. The molecule has 47 heavy (non-hydrogen) atoms. The molecule has 3 N–H and O–H groups in total. The van der Waals surface area contributed by atoms with Gasteiger partial charge in [0, 0.05) is 36.2 Å². The van der Waals surface area contributed by atoms with Gasteiger partial charge in [0.15, 0.2) is 11.5 Å². The summed E-state index contributed by atoms with van der Waals surface area (Å²) in [5, 5.41) is 35.6. The van der Waals surface area contributed by atoms with E-state index in [0.29, 0.717) is 48.3 Å². The minimum atomic E-state index is -1.57. The van der Waals surface area contributed by atoms with E-state index in [1.165, 1.54) is 9.58 Å². The predicted molar refractivity (Wildman–Crippen MR) is 175 cm³/mol. The van der Waals surface area contributed by atoms with Crippen LogP contribution in [0.4, 0.5) is 0 Å². The van der Waals surface area contributed by atoms with E-state index in [1.54, 1.807) is 42.5 Å². The predicted octanol–water partition coefficient (Wildman–Crippen LogP) is 5.63. The number of carboxylic acid groups (broad SMARTS) is 1. The first-order valence-electron chi connectivity index (χ1n) is 15.5. The lowest BCUT2D eigenvalue weighted by molar-refractivity contribution is -0.150. The summed E-state index contributed by atoms with van der Waals surface area (Å²) >= 11 is 0. The second kappa shape index (κ2) is 13.4. The molecule has 238 valence electrons. The smallest absolute Gasteiger partial charge is 0.344 e. The van der Waals surface area contributed by atoms with Gasteiger partial charge in [0.1, 0.15) is 5.75 Å². The minimum absolute atomic E-state index is 0.137. The molecule has 1 aliphatic heterocycles. The number of aromatic hydroxyl groups is 1. The first-order chi connectivity index (χ1) is 22.8. The van der Waals surface area contributed by atoms with Crippen molar-refractivity contribution in [1.29, 1.82) is 0 Å². The Kier molecular flexibility index (Phi) is 8.90. The lowest BCUT2D eigenvalue weighted by Crippen LogP contribution is -2.62. The van der Waals surface area contributed by atoms with Crippen molar-refractivity contribution in [3.8, 4) is 39.4 Å². The summed E-state index contributed by atoms with van der Waals surface area (Å²) < 4.78 is 1.24. The van der Waals surface area contributed by atoms with Crippen molar-refractivity contribution >= 4 is 17.8 Å². The number of hydrogen-bond donors (Lipinski definition) is 3. The van der Waals surface area contributed by atoms with Gasteiger partial charge in [0.05, 0.1) is 0 Å². The average molecular weight is 631 g/mol. The van der Waals surface area contributed by atoms with E-state index in [9.17, 15) is 24.6 Å². The van der Waals surface area contributed by atoms with Crippen LogP contribution >= 0.6 is 0 Å². The molecule has 0 bridgehead atoms. The van der Waals surface area contributed by atoms with Gasteiger partial charge >= 0.3 is 5.97 Å². The van der Waals surface area contributed by atoms with Gasteiger partial charge in [-0.15, -0.1) is 5.10 Å². The molecule has 1 fully saturated rings. The first kappa shape index (κ1) is 31.3. The molecule has 1 atom stereocenters. The van der Waals surface area contributed by atoms with Crippen LogP contribution in [0.15, 0.2) is 97.1 Å². The fourth-order valence-corrected chi connectivity index (χ4v) is 6.06. The Morgan fingerprint density at radius 1 is 0.851 bits per heavy atom. The number of likely N-dealkylation sites (tertiary alicyclic amines) is 1. The van der Waals surface area contributed by atoms with Crippen LogP contribution in [0.1, 0.15) is 53.3 Å². The van der Waals surface area contributed by atoms with Gasteiger partial charge in [-0.25, -0.2) is 4.79 Å². The van der Waals surface area contributed by atoms with Crippen LogP contribution < -0.4 is 5.32 Å². The lowest BCUT2D eigenvalue weighted by atomic mass is 9.98. The standard InChI is InChI=1S/C36H34N6O5/c1-2-8-32(44)42-33(38-39-40-42)30-11-4-3-9-28(30)25-15-13-24(14-16-25)23-37-36(35(46)47)21-7-22-41(36)34(45)27-19-17-26(18-20-27)29-10-5-6-12-31(29)43/h3-6,9-20,37,43H,2,7-8,21-23H2,1H3,(H,46,47). The summed E-state index contributed by atoms with van der Waals surface area (Å²) in [5.41, 5.74) is 3.46. The number of carbonyl (C=O) groups excluding carboxylic acids is 2. The van der Waals surface area contributed by atoms with Crippen LogP contribution in [-0.4, -0.2) is 65.3 Å². The Morgan fingerprint density at radius 3 is 2.17 bits per heavy atom. The van der Waals surface area contributed by atoms with Crippen molar-refractivity contribution in [1.82, 2.24) is 30.4 Å². The van der Waals surface area contributed by atoms with E-state index >= 15 is 0 Å². The molecule has 11 nitrogen and oxygen atoms in total. The van der Waals surface area contributed by atoms with Crippen LogP contribution in [0.25, 0.3) is 33.6 Å². The topological polar surface area (TPSA) is 151 Å². The molecule has 1 amide bonds. The van der Waals surface area contributed by atoms with Gasteiger partial charge in [-0.3, -0.25) is 14.9 Å². The second-order valence-corrected chi connectivity index (χ2v) is 11.5. The van der Waals surface area contributed by atoms with Crippen molar-refractivity contribution in [2.45, 2.75) is 44.8 Å². The molecule has 0 spiro atoms. The molecule has 0 radical (unpaired) electrons. The highest BCUT2D eigenvalue weighted by Gasteiger charge is 2.50. The maximum absolute atomic E-state index is 13.7. The molecular formula is C36H34N6O5. The molecule has 0 saturated carbocycles. The Hall–Kier alpha value is -5.68. The van der Waals surface area contributed by atoms with E-state index in [4.69, 9.17) is 0 Å². The molecule has 1 unspecified atom stereocenters. The summed E-state index contributed by atoms with van der Waals surface area (Å²) in [6.45, 7) is 2.44. The minimum Gasteiger partial charge on any atom is -0.507 e. The Balaban J connectivity index is 1.19. The number of carbonyl (C=O) groups is 3. The van der Waals surface area contributed by atoms with Crippen molar-refractivity contribution in [2.24, 2.45) is 0 Å². The highest BCUT2D eigenvalue weighted by atomic mass is 16.4. The molecule has 11 heteroatoms.